The molecule has 0 bridgehead atoms. The lowest BCUT2D eigenvalue weighted by atomic mass is 10.1. The summed E-state index contributed by atoms with van der Waals surface area (Å²) in [7, 11) is 3.21. The minimum atomic E-state index is -0.138. The first-order chi connectivity index (χ1) is 9.24. The molecule has 1 amide bonds. The van der Waals surface area contributed by atoms with Crippen LogP contribution in [0.5, 0.6) is 5.75 Å². The Morgan fingerprint density at radius 3 is 2.47 bits per heavy atom. The summed E-state index contributed by atoms with van der Waals surface area (Å²) in [6, 6.07) is 15.0. The Bertz CT molecular complexity index is 568. The average molecular weight is 256 g/mol. The van der Waals surface area contributed by atoms with Crippen LogP contribution < -0.4 is 15.4 Å². The van der Waals surface area contributed by atoms with Crippen LogP contribution in [0.4, 0.5) is 11.4 Å². The van der Waals surface area contributed by atoms with Gasteiger partial charge in [-0.3, -0.25) is 4.79 Å². The van der Waals surface area contributed by atoms with E-state index >= 15 is 0 Å². The van der Waals surface area contributed by atoms with E-state index < -0.39 is 0 Å². The summed E-state index contributed by atoms with van der Waals surface area (Å²) in [5.74, 6) is 0.562. The van der Waals surface area contributed by atoms with Crippen LogP contribution in [-0.4, -0.2) is 20.1 Å². The number of benzene rings is 2. The largest absolute Gasteiger partial charge is 0.497 e. The molecule has 0 saturated heterocycles. The fourth-order valence-electron chi connectivity index (χ4n) is 1.76. The molecule has 2 N–H and O–H groups in total. The van der Waals surface area contributed by atoms with E-state index in [0.29, 0.717) is 17.0 Å². The van der Waals surface area contributed by atoms with Crippen molar-refractivity contribution in [1.29, 1.82) is 0 Å². The van der Waals surface area contributed by atoms with Crippen LogP contribution in [-0.2, 0) is 0 Å². The second-order valence-corrected chi connectivity index (χ2v) is 3.98. The number of methoxy groups -OCH3 is 1. The number of amides is 1. The van der Waals surface area contributed by atoms with Crippen molar-refractivity contribution in [1.82, 2.24) is 5.32 Å². The highest BCUT2D eigenvalue weighted by atomic mass is 16.5. The minimum absolute atomic E-state index is 0.138. The Labute approximate surface area is 112 Å². The van der Waals surface area contributed by atoms with Gasteiger partial charge in [-0.25, -0.2) is 0 Å². The number of carbonyl (C=O) groups excluding carboxylic acids is 1. The molecule has 2 aromatic carbocycles. The smallest absolute Gasteiger partial charge is 0.253 e. The number of ether oxygens (including phenoxy) is 1. The summed E-state index contributed by atoms with van der Waals surface area (Å²) < 4.78 is 5.19. The molecule has 0 fully saturated rings. The molecule has 0 radical (unpaired) electrons. The van der Waals surface area contributed by atoms with Gasteiger partial charge in [0.25, 0.3) is 5.91 Å². The molecular formula is C15H16N2O2. The van der Waals surface area contributed by atoms with Gasteiger partial charge in [-0.2, -0.15) is 0 Å². The maximum atomic E-state index is 11.8. The Balaban J connectivity index is 2.38. The third kappa shape index (κ3) is 3.04. The van der Waals surface area contributed by atoms with Crippen molar-refractivity contribution in [3.05, 3.63) is 54.1 Å². The van der Waals surface area contributed by atoms with Gasteiger partial charge in [-0.05, 0) is 24.3 Å². The molecule has 2 aromatic rings. The molecule has 2 rings (SSSR count). The summed E-state index contributed by atoms with van der Waals surface area (Å²) in [5.41, 5.74) is 2.21. The molecule has 0 saturated carbocycles. The van der Waals surface area contributed by atoms with Crippen LogP contribution in [0.1, 0.15) is 10.4 Å². The number of rotatable bonds is 4. The van der Waals surface area contributed by atoms with Gasteiger partial charge < -0.3 is 15.4 Å². The van der Waals surface area contributed by atoms with Gasteiger partial charge in [0.05, 0.1) is 18.4 Å². The molecule has 4 heteroatoms. The van der Waals surface area contributed by atoms with E-state index in [0.717, 1.165) is 5.69 Å². The number of para-hydroxylation sites is 1. The normalized spacial score (nSPS) is 9.79. The third-order valence-corrected chi connectivity index (χ3v) is 2.75. The topological polar surface area (TPSA) is 50.4 Å². The van der Waals surface area contributed by atoms with Crippen LogP contribution in [0.2, 0.25) is 0 Å². The van der Waals surface area contributed by atoms with Crippen molar-refractivity contribution in [3.63, 3.8) is 0 Å². The van der Waals surface area contributed by atoms with E-state index in [1.807, 2.05) is 30.3 Å². The first-order valence-electron chi connectivity index (χ1n) is 5.97. The Kier molecular flexibility index (Phi) is 4.03. The second-order valence-electron chi connectivity index (χ2n) is 3.98. The average Bonchev–Trinajstić information content (AvgIpc) is 2.47. The second kappa shape index (κ2) is 5.91. The molecule has 19 heavy (non-hydrogen) atoms. The van der Waals surface area contributed by atoms with Crippen molar-refractivity contribution in [2.75, 3.05) is 19.5 Å². The molecule has 0 spiro atoms. The number of hydrogen-bond donors (Lipinski definition) is 2. The molecule has 0 heterocycles. The van der Waals surface area contributed by atoms with Crippen molar-refractivity contribution in [2.24, 2.45) is 0 Å². The van der Waals surface area contributed by atoms with E-state index in [1.165, 1.54) is 0 Å². The Hall–Kier alpha value is -2.49. The van der Waals surface area contributed by atoms with Crippen LogP contribution in [0.15, 0.2) is 48.5 Å². The van der Waals surface area contributed by atoms with Gasteiger partial charge in [0.1, 0.15) is 5.75 Å². The molecule has 0 aliphatic carbocycles. The lowest BCUT2D eigenvalue weighted by molar-refractivity contribution is 0.0964. The standard InChI is InChI=1S/C15H16N2O2/c1-16-15(18)13-9-8-12(19-2)10-14(13)17-11-6-4-3-5-7-11/h3-10,17H,1-2H3,(H,16,18). The summed E-state index contributed by atoms with van der Waals surface area (Å²) in [4.78, 5) is 11.8. The Morgan fingerprint density at radius 2 is 1.84 bits per heavy atom. The number of carbonyl (C=O) groups is 1. The van der Waals surface area contributed by atoms with E-state index in [2.05, 4.69) is 10.6 Å². The number of hydrogen-bond acceptors (Lipinski definition) is 3. The summed E-state index contributed by atoms with van der Waals surface area (Å²) >= 11 is 0. The molecule has 0 unspecified atom stereocenters. The Morgan fingerprint density at radius 1 is 1.11 bits per heavy atom. The molecule has 0 aliphatic heterocycles. The predicted molar refractivity (Wildman–Crippen MR) is 76.1 cm³/mol. The zero-order chi connectivity index (χ0) is 13.7. The van der Waals surface area contributed by atoms with Crippen LogP contribution >= 0.6 is 0 Å². The highest BCUT2D eigenvalue weighted by Crippen LogP contribution is 2.25. The lowest BCUT2D eigenvalue weighted by Crippen LogP contribution is -2.19. The number of nitrogens with one attached hydrogen (secondary N) is 2. The van der Waals surface area contributed by atoms with E-state index in [9.17, 15) is 4.79 Å². The van der Waals surface area contributed by atoms with Crippen molar-refractivity contribution >= 4 is 17.3 Å². The van der Waals surface area contributed by atoms with Gasteiger partial charge in [-0.15, -0.1) is 0 Å². The van der Waals surface area contributed by atoms with Gasteiger partial charge in [0.15, 0.2) is 0 Å². The molecule has 0 atom stereocenters. The van der Waals surface area contributed by atoms with Gasteiger partial charge in [0.2, 0.25) is 0 Å². The molecule has 0 aliphatic rings. The van der Waals surface area contributed by atoms with Crippen molar-refractivity contribution < 1.29 is 9.53 Å². The highest BCUT2D eigenvalue weighted by molar-refractivity contribution is 6.00. The van der Waals surface area contributed by atoms with Crippen molar-refractivity contribution in [3.8, 4) is 5.75 Å². The maximum absolute atomic E-state index is 11.8. The van der Waals surface area contributed by atoms with Gasteiger partial charge >= 0.3 is 0 Å². The predicted octanol–water partition coefficient (Wildman–Crippen LogP) is 2.80. The lowest BCUT2D eigenvalue weighted by Gasteiger charge is -2.12. The van der Waals surface area contributed by atoms with E-state index in [4.69, 9.17) is 4.74 Å². The highest BCUT2D eigenvalue weighted by Gasteiger charge is 2.11. The van der Waals surface area contributed by atoms with Crippen molar-refractivity contribution in [2.45, 2.75) is 0 Å². The first kappa shape index (κ1) is 13.0. The SMILES string of the molecule is CNC(=O)c1ccc(OC)cc1Nc1ccccc1. The fourth-order valence-corrected chi connectivity index (χ4v) is 1.76. The summed E-state index contributed by atoms with van der Waals surface area (Å²) in [6.07, 6.45) is 0. The fraction of sp³-hybridized carbons (Fsp3) is 0.133. The van der Waals surface area contributed by atoms with Crippen LogP contribution in [0, 0.1) is 0 Å². The van der Waals surface area contributed by atoms with Crippen LogP contribution in [0.25, 0.3) is 0 Å². The maximum Gasteiger partial charge on any atom is 0.253 e. The van der Waals surface area contributed by atoms with E-state index in [-0.39, 0.29) is 5.91 Å². The summed E-state index contributed by atoms with van der Waals surface area (Å²) in [6.45, 7) is 0. The van der Waals surface area contributed by atoms with Crippen LogP contribution in [0.3, 0.4) is 0 Å². The third-order valence-electron chi connectivity index (χ3n) is 2.75. The monoisotopic (exact) mass is 256 g/mol. The molecule has 0 aromatic heterocycles. The van der Waals surface area contributed by atoms with E-state index in [1.54, 1.807) is 32.4 Å². The summed E-state index contributed by atoms with van der Waals surface area (Å²) in [5, 5.41) is 5.85. The number of anilines is 2. The molecule has 4 nitrogen and oxygen atoms in total. The zero-order valence-corrected chi connectivity index (χ0v) is 10.9. The van der Waals surface area contributed by atoms with Gasteiger partial charge in [0, 0.05) is 18.8 Å². The molecule has 98 valence electrons. The first-order valence-corrected chi connectivity index (χ1v) is 5.97. The zero-order valence-electron chi connectivity index (χ0n) is 10.9. The molecular weight excluding hydrogens is 240 g/mol. The quantitative estimate of drug-likeness (QED) is 0.884. The van der Waals surface area contributed by atoms with Gasteiger partial charge in [-0.1, -0.05) is 18.2 Å². The minimum Gasteiger partial charge on any atom is -0.497 e.